The summed E-state index contributed by atoms with van der Waals surface area (Å²) in [6.45, 7) is 4.57. The molecule has 7 heteroatoms. The fourth-order valence-electron chi connectivity index (χ4n) is 4.20. The van der Waals surface area contributed by atoms with Crippen molar-refractivity contribution in [3.63, 3.8) is 0 Å². The predicted molar refractivity (Wildman–Crippen MR) is 139 cm³/mol. The minimum atomic E-state index is -0.227. The van der Waals surface area contributed by atoms with Gasteiger partial charge in [-0.3, -0.25) is 4.98 Å². The molecule has 0 aliphatic carbocycles. The first-order chi connectivity index (χ1) is 16.5. The highest BCUT2D eigenvalue weighted by Gasteiger charge is 2.42. The van der Waals surface area contributed by atoms with E-state index in [1.165, 1.54) is 0 Å². The number of anilines is 1. The first kappa shape index (κ1) is 22.4. The van der Waals surface area contributed by atoms with E-state index in [9.17, 15) is 0 Å². The number of pyridine rings is 1. The lowest BCUT2D eigenvalue weighted by Gasteiger charge is -2.26. The Morgan fingerprint density at radius 2 is 1.91 bits per heavy atom. The van der Waals surface area contributed by atoms with Crippen LogP contribution in [0.4, 0.5) is 5.69 Å². The van der Waals surface area contributed by atoms with Crippen LogP contribution in [0.15, 0.2) is 83.4 Å². The van der Waals surface area contributed by atoms with E-state index in [0.717, 1.165) is 39.8 Å². The summed E-state index contributed by atoms with van der Waals surface area (Å²) in [6.07, 6.45) is 1.79. The van der Waals surface area contributed by atoms with Crippen molar-refractivity contribution in [1.29, 1.82) is 0 Å². The van der Waals surface area contributed by atoms with Crippen LogP contribution in [0.1, 0.15) is 36.0 Å². The molecule has 1 aliphatic heterocycles. The van der Waals surface area contributed by atoms with Crippen LogP contribution in [-0.4, -0.2) is 16.7 Å². The third kappa shape index (κ3) is 4.27. The largest absolute Gasteiger partial charge is 0.494 e. The topological polar surface area (TPSA) is 50.5 Å². The van der Waals surface area contributed by atoms with Gasteiger partial charge in [-0.25, -0.2) is 0 Å². The van der Waals surface area contributed by atoms with Crippen LogP contribution in [-0.2, 0) is 0 Å². The van der Waals surface area contributed by atoms with E-state index in [0.29, 0.717) is 16.7 Å². The molecule has 1 fully saturated rings. The number of hydrogen-bond acceptors (Lipinski definition) is 4. The molecule has 0 bridgehead atoms. The molecule has 3 heterocycles. The van der Waals surface area contributed by atoms with Gasteiger partial charge in [-0.15, -0.1) is 0 Å². The van der Waals surface area contributed by atoms with Gasteiger partial charge in [-0.2, -0.15) is 0 Å². The number of aryl methyl sites for hydroxylation is 1. The van der Waals surface area contributed by atoms with E-state index >= 15 is 0 Å². The molecule has 0 radical (unpaired) electrons. The van der Waals surface area contributed by atoms with Gasteiger partial charge < -0.3 is 19.4 Å². The van der Waals surface area contributed by atoms with Crippen molar-refractivity contribution in [2.45, 2.75) is 25.9 Å². The molecule has 172 valence electrons. The molecule has 0 amide bonds. The Labute approximate surface area is 209 Å². The molecule has 2 atom stereocenters. The zero-order valence-electron chi connectivity index (χ0n) is 18.9. The molecule has 5 nitrogen and oxygen atoms in total. The van der Waals surface area contributed by atoms with Crippen molar-refractivity contribution in [3.8, 4) is 17.1 Å². The van der Waals surface area contributed by atoms with E-state index in [1.54, 1.807) is 6.20 Å². The summed E-state index contributed by atoms with van der Waals surface area (Å²) in [5, 5.41) is 4.78. The molecule has 4 aromatic rings. The predicted octanol–water partition coefficient (Wildman–Crippen LogP) is 6.88. The lowest BCUT2D eigenvalue weighted by atomic mass is 10.0. The summed E-state index contributed by atoms with van der Waals surface area (Å²) >= 11 is 12.2. The van der Waals surface area contributed by atoms with E-state index in [4.69, 9.17) is 33.0 Å². The third-order valence-electron chi connectivity index (χ3n) is 5.90. The Morgan fingerprint density at radius 1 is 1.09 bits per heavy atom. The van der Waals surface area contributed by atoms with Crippen LogP contribution in [0, 0.1) is 6.92 Å². The SMILES string of the molecule is CCOc1ccc(N2C(=S)N[C@@H](c3ccccn3)[C@H]2c2ccc(-c3ccc(C)c(Cl)c3)o2)cc1. The third-order valence-corrected chi connectivity index (χ3v) is 6.62. The Bertz CT molecular complexity index is 1310. The molecule has 0 spiro atoms. The second-order valence-electron chi connectivity index (χ2n) is 8.09. The number of furan rings is 1. The highest BCUT2D eigenvalue weighted by Crippen LogP contribution is 2.43. The fourth-order valence-corrected chi connectivity index (χ4v) is 4.73. The number of thiocarbonyl (C=S) groups is 1. The van der Waals surface area contributed by atoms with Gasteiger partial charge in [0, 0.05) is 22.5 Å². The van der Waals surface area contributed by atoms with Gasteiger partial charge in [0.1, 0.15) is 23.3 Å². The summed E-state index contributed by atoms with van der Waals surface area (Å²) in [5.74, 6) is 2.35. The number of aromatic nitrogens is 1. The highest BCUT2D eigenvalue weighted by atomic mass is 35.5. The highest BCUT2D eigenvalue weighted by molar-refractivity contribution is 7.80. The molecule has 0 saturated carbocycles. The summed E-state index contributed by atoms with van der Waals surface area (Å²) in [6, 6.07) is 23.3. The van der Waals surface area contributed by atoms with E-state index in [1.807, 2.05) is 86.6 Å². The number of nitrogens with one attached hydrogen (secondary N) is 1. The van der Waals surface area contributed by atoms with Gasteiger partial charge in [0.25, 0.3) is 0 Å². The van der Waals surface area contributed by atoms with Gasteiger partial charge in [-0.05, 0) is 86.2 Å². The Kier molecular flexibility index (Phi) is 6.26. The number of benzene rings is 2. The molecule has 1 N–H and O–H groups in total. The zero-order chi connectivity index (χ0) is 23.7. The van der Waals surface area contributed by atoms with Crippen LogP contribution >= 0.6 is 23.8 Å². The average molecular weight is 490 g/mol. The van der Waals surface area contributed by atoms with E-state index < -0.39 is 0 Å². The molecule has 1 aliphatic rings. The maximum atomic E-state index is 6.41. The van der Waals surface area contributed by atoms with Crippen LogP contribution in [0.25, 0.3) is 11.3 Å². The van der Waals surface area contributed by atoms with E-state index in [2.05, 4.69) is 15.2 Å². The normalized spacial score (nSPS) is 17.6. The number of hydrogen-bond donors (Lipinski definition) is 1. The Hall–Kier alpha value is -3.35. The minimum absolute atomic E-state index is 0.180. The molecule has 0 unspecified atom stereocenters. The minimum Gasteiger partial charge on any atom is -0.494 e. The number of ether oxygens (including phenoxy) is 1. The van der Waals surface area contributed by atoms with Gasteiger partial charge in [-0.1, -0.05) is 29.8 Å². The summed E-state index contributed by atoms with van der Waals surface area (Å²) < 4.78 is 12.0. The van der Waals surface area contributed by atoms with Crippen LogP contribution in [0.5, 0.6) is 5.75 Å². The first-order valence-corrected chi connectivity index (χ1v) is 11.9. The maximum Gasteiger partial charge on any atom is 0.174 e. The number of nitrogens with zero attached hydrogens (tertiary/aromatic N) is 2. The lowest BCUT2D eigenvalue weighted by molar-refractivity contribution is 0.340. The van der Waals surface area contributed by atoms with Crippen molar-refractivity contribution < 1.29 is 9.15 Å². The summed E-state index contributed by atoms with van der Waals surface area (Å²) in [5.41, 5.74) is 3.79. The first-order valence-electron chi connectivity index (χ1n) is 11.1. The quantitative estimate of drug-likeness (QED) is 0.298. The molecule has 2 aromatic heterocycles. The average Bonchev–Trinajstić information content (AvgIpc) is 3.47. The Balaban J connectivity index is 1.56. The molecule has 2 aromatic carbocycles. The van der Waals surface area contributed by atoms with Crippen molar-refractivity contribution in [1.82, 2.24) is 10.3 Å². The fraction of sp³-hybridized carbons (Fsp3) is 0.185. The molecule has 34 heavy (non-hydrogen) atoms. The lowest BCUT2D eigenvalue weighted by Crippen LogP contribution is -2.29. The number of halogens is 1. The van der Waals surface area contributed by atoms with Gasteiger partial charge in [0.15, 0.2) is 5.11 Å². The standard InChI is InChI=1S/C27H24ClN3O2S/c1-3-32-20-11-9-19(10-12-20)31-26(25(30-27(31)34)22-6-4-5-15-29-22)24-14-13-23(33-24)18-8-7-17(2)21(28)16-18/h4-16,25-26H,3H2,1-2H3,(H,30,34)/t25-,26+/m0/s1. The summed E-state index contributed by atoms with van der Waals surface area (Å²) in [4.78, 5) is 6.67. The van der Waals surface area contributed by atoms with E-state index in [-0.39, 0.29) is 12.1 Å². The van der Waals surface area contributed by atoms with Crippen LogP contribution in [0.3, 0.4) is 0 Å². The second-order valence-corrected chi connectivity index (χ2v) is 8.88. The van der Waals surface area contributed by atoms with Crippen molar-refractivity contribution in [2.75, 3.05) is 11.5 Å². The van der Waals surface area contributed by atoms with Crippen LogP contribution < -0.4 is 15.0 Å². The maximum absolute atomic E-state index is 6.41. The molecule has 5 rings (SSSR count). The second kappa shape index (κ2) is 9.49. The van der Waals surface area contributed by atoms with Crippen molar-refractivity contribution in [3.05, 3.63) is 101 Å². The Morgan fingerprint density at radius 3 is 2.62 bits per heavy atom. The van der Waals surface area contributed by atoms with Gasteiger partial charge in [0.05, 0.1) is 18.3 Å². The van der Waals surface area contributed by atoms with Gasteiger partial charge in [0.2, 0.25) is 0 Å². The van der Waals surface area contributed by atoms with Crippen molar-refractivity contribution in [2.24, 2.45) is 0 Å². The molecular weight excluding hydrogens is 466 g/mol. The van der Waals surface area contributed by atoms with Crippen LogP contribution in [0.2, 0.25) is 5.02 Å². The van der Waals surface area contributed by atoms with Crippen molar-refractivity contribution >= 4 is 34.6 Å². The van der Waals surface area contributed by atoms with Gasteiger partial charge >= 0.3 is 0 Å². The number of rotatable bonds is 6. The molecule has 1 saturated heterocycles. The zero-order valence-corrected chi connectivity index (χ0v) is 20.4. The smallest absolute Gasteiger partial charge is 0.174 e. The monoisotopic (exact) mass is 489 g/mol. The molecular formula is C27H24ClN3O2S. The summed E-state index contributed by atoms with van der Waals surface area (Å²) in [7, 11) is 0.